The molecule has 0 saturated carbocycles. The molecule has 0 fully saturated rings. The second-order valence-corrected chi connectivity index (χ2v) is 4.01. The maximum atomic E-state index is 5.62. The highest BCUT2D eigenvalue weighted by Crippen LogP contribution is 2.23. The first-order valence-electron chi connectivity index (χ1n) is 4.59. The van der Waals surface area contributed by atoms with Crippen molar-refractivity contribution in [2.45, 2.75) is 13.1 Å². The first-order chi connectivity index (χ1) is 7.35. The number of hydrogen-bond donors (Lipinski definition) is 1. The third kappa shape index (κ3) is 1.94. The zero-order chi connectivity index (χ0) is 10.7. The summed E-state index contributed by atoms with van der Waals surface area (Å²) in [5, 5.41) is 6.44. The SMILES string of the molecule is C#CCn1nc(-c2cccs2)cc1CN. The van der Waals surface area contributed by atoms with E-state index in [0.29, 0.717) is 13.1 Å². The van der Waals surface area contributed by atoms with Crippen molar-refractivity contribution in [2.75, 3.05) is 0 Å². The minimum atomic E-state index is 0.458. The molecule has 4 heteroatoms. The summed E-state index contributed by atoms with van der Waals surface area (Å²) >= 11 is 1.66. The van der Waals surface area contributed by atoms with E-state index in [0.717, 1.165) is 16.3 Å². The number of nitrogens with zero attached hydrogens (tertiary/aromatic N) is 2. The normalized spacial score (nSPS) is 10.1. The van der Waals surface area contributed by atoms with Gasteiger partial charge >= 0.3 is 0 Å². The van der Waals surface area contributed by atoms with Gasteiger partial charge in [0.05, 0.1) is 10.6 Å². The molecule has 15 heavy (non-hydrogen) atoms. The number of thiophene rings is 1. The van der Waals surface area contributed by atoms with E-state index in [1.165, 1.54) is 0 Å². The summed E-state index contributed by atoms with van der Waals surface area (Å²) < 4.78 is 1.77. The Morgan fingerprint density at radius 3 is 3.07 bits per heavy atom. The summed E-state index contributed by atoms with van der Waals surface area (Å²) in [6.45, 7) is 0.929. The highest BCUT2D eigenvalue weighted by molar-refractivity contribution is 7.13. The van der Waals surface area contributed by atoms with E-state index in [-0.39, 0.29) is 0 Å². The molecule has 0 amide bonds. The van der Waals surface area contributed by atoms with Gasteiger partial charge < -0.3 is 5.73 Å². The van der Waals surface area contributed by atoms with E-state index < -0.39 is 0 Å². The van der Waals surface area contributed by atoms with Crippen molar-refractivity contribution in [3.63, 3.8) is 0 Å². The summed E-state index contributed by atoms with van der Waals surface area (Å²) in [6, 6.07) is 6.03. The third-order valence-corrected chi connectivity index (χ3v) is 2.98. The molecule has 76 valence electrons. The van der Waals surface area contributed by atoms with Crippen LogP contribution in [0.5, 0.6) is 0 Å². The van der Waals surface area contributed by atoms with Gasteiger partial charge in [-0.15, -0.1) is 17.8 Å². The predicted molar refractivity (Wildman–Crippen MR) is 62.3 cm³/mol. The summed E-state index contributed by atoms with van der Waals surface area (Å²) in [5.74, 6) is 2.57. The molecule has 0 aliphatic heterocycles. The molecule has 0 aliphatic rings. The Kier molecular flexibility index (Phi) is 2.86. The van der Waals surface area contributed by atoms with E-state index in [2.05, 4.69) is 11.0 Å². The van der Waals surface area contributed by atoms with Crippen LogP contribution in [0.4, 0.5) is 0 Å². The molecule has 2 N–H and O–H groups in total. The van der Waals surface area contributed by atoms with Crippen molar-refractivity contribution in [3.05, 3.63) is 29.3 Å². The van der Waals surface area contributed by atoms with Crippen LogP contribution in [0, 0.1) is 12.3 Å². The minimum absolute atomic E-state index is 0.458. The van der Waals surface area contributed by atoms with Gasteiger partial charge in [-0.2, -0.15) is 5.10 Å². The first-order valence-corrected chi connectivity index (χ1v) is 5.47. The molecular formula is C11H11N3S. The van der Waals surface area contributed by atoms with E-state index in [1.54, 1.807) is 16.0 Å². The highest BCUT2D eigenvalue weighted by atomic mass is 32.1. The zero-order valence-electron chi connectivity index (χ0n) is 8.18. The highest BCUT2D eigenvalue weighted by Gasteiger charge is 2.07. The van der Waals surface area contributed by atoms with E-state index in [1.807, 2.05) is 23.6 Å². The van der Waals surface area contributed by atoms with Crippen molar-refractivity contribution in [1.29, 1.82) is 0 Å². The van der Waals surface area contributed by atoms with Crippen LogP contribution in [0.2, 0.25) is 0 Å². The summed E-state index contributed by atoms with van der Waals surface area (Å²) in [7, 11) is 0. The summed E-state index contributed by atoms with van der Waals surface area (Å²) in [5.41, 5.74) is 7.54. The van der Waals surface area contributed by atoms with Gasteiger partial charge in [-0.05, 0) is 17.5 Å². The summed E-state index contributed by atoms with van der Waals surface area (Å²) in [4.78, 5) is 1.14. The minimum Gasteiger partial charge on any atom is -0.325 e. The Bertz CT molecular complexity index is 476. The van der Waals surface area contributed by atoms with Crippen LogP contribution in [0.3, 0.4) is 0 Å². The fraction of sp³-hybridized carbons (Fsp3) is 0.182. The maximum Gasteiger partial charge on any atom is 0.103 e. The Morgan fingerprint density at radius 2 is 2.47 bits per heavy atom. The summed E-state index contributed by atoms with van der Waals surface area (Å²) in [6.07, 6.45) is 5.26. The Balaban J connectivity index is 2.39. The maximum absolute atomic E-state index is 5.62. The number of rotatable bonds is 3. The molecule has 3 nitrogen and oxygen atoms in total. The monoisotopic (exact) mass is 217 g/mol. The zero-order valence-corrected chi connectivity index (χ0v) is 9.00. The lowest BCUT2D eigenvalue weighted by atomic mass is 10.3. The topological polar surface area (TPSA) is 43.8 Å². The Morgan fingerprint density at radius 1 is 1.60 bits per heavy atom. The number of hydrogen-bond acceptors (Lipinski definition) is 3. The van der Waals surface area contributed by atoms with Gasteiger partial charge in [0.15, 0.2) is 0 Å². The van der Waals surface area contributed by atoms with Gasteiger partial charge in [0.2, 0.25) is 0 Å². The Labute approximate surface area is 92.5 Å². The fourth-order valence-electron chi connectivity index (χ4n) is 1.39. The van der Waals surface area contributed by atoms with Crippen molar-refractivity contribution in [3.8, 4) is 22.9 Å². The lowest BCUT2D eigenvalue weighted by molar-refractivity contribution is 0.671. The van der Waals surface area contributed by atoms with Crippen LogP contribution in [0.25, 0.3) is 10.6 Å². The van der Waals surface area contributed by atoms with Crippen molar-refractivity contribution in [2.24, 2.45) is 5.73 Å². The molecular weight excluding hydrogens is 206 g/mol. The average Bonchev–Trinajstić information content (AvgIpc) is 2.84. The second-order valence-electron chi connectivity index (χ2n) is 3.06. The molecule has 0 bridgehead atoms. The number of nitrogens with two attached hydrogens (primary N) is 1. The van der Waals surface area contributed by atoms with Crippen LogP contribution >= 0.6 is 11.3 Å². The van der Waals surface area contributed by atoms with E-state index >= 15 is 0 Å². The molecule has 0 aromatic carbocycles. The molecule has 2 heterocycles. The van der Waals surface area contributed by atoms with Crippen molar-refractivity contribution in [1.82, 2.24) is 9.78 Å². The van der Waals surface area contributed by atoms with Crippen LogP contribution in [-0.2, 0) is 13.1 Å². The molecule has 0 saturated heterocycles. The predicted octanol–water partition coefficient (Wildman–Crippen LogP) is 1.70. The molecule has 2 aromatic heterocycles. The molecule has 0 spiro atoms. The molecule has 2 aromatic rings. The molecule has 2 rings (SSSR count). The van der Waals surface area contributed by atoms with Gasteiger partial charge in [-0.25, -0.2) is 0 Å². The van der Waals surface area contributed by atoms with Crippen LogP contribution < -0.4 is 5.73 Å². The number of terminal acetylenes is 1. The Hall–Kier alpha value is -1.57. The fourth-order valence-corrected chi connectivity index (χ4v) is 2.07. The molecule has 0 aliphatic carbocycles. The van der Waals surface area contributed by atoms with Gasteiger partial charge in [0, 0.05) is 6.54 Å². The van der Waals surface area contributed by atoms with E-state index in [4.69, 9.17) is 12.2 Å². The lowest BCUT2D eigenvalue weighted by Gasteiger charge is -1.98. The quantitative estimate of drug-likeness (QED) is 0.795. The largest absolute Gasteiger partial charge is 0.325 e. The van der Waals surface area contributed by atoms with E-state index in [9.17, 15) is 0 Å². The first kappa shape index (κ1) is 9.97. The smallest absolute Gasteiger partial charge is 0.103 e. The standard InChI is InChI=1S/C11H11N3S/c1-2-5-14-9(8-12)7-10(13-14)11-4-3-6-15-11/h1,3-4,6-7H,5,8,12H2. The van der Waals surface area contributed by atoms with Crippen LogP contribution in [0.15, 0.2) is 23.6 Å². The average molecular weight is 217 g/mol. The molecule has 0 unspecified atom stereocenters. The molecule has 0 atom stereocenters. The number of aromatic nitrogens is 2. The van der Waals surface area contributed by atoms with Gasteiger partial charge in [-0.3, -0.25) is 4.68 Å². The molecule has 0 radical (unpaired) electrons. The van der Waals surface area contributed by atoms with Gasteiger partial charge in [-0.1, -0.05) is 12.0 Å². The van der Waals surface area contributed by atoms with Gasteiger partial charge in [0.1, 0.15) is 12.2 Å². The van der Waals surface area contributed by atoms with Crippen LogP contribution in [0.1, 0.15) is 5.69 Å². The second kappa shape index (κ2) is 4.30. The van der Waals surface area contributed by atoms with Crippen molar-refractivity contribution < 1.29 is 0 Å². The lowest BCUT2D eigenvalue weighted by Crippen LogP contribution is -2.07. The van der Waals surface area contributed by atoms with Gasteiger partial charge in [0.25, 0.3) is 0 Å². The third-order valence-electron chi connectivity index (χ3n) is 2.09. The van der Waals surface area contributed by atoms with Crippen LogP contribution in [-0.4, -0.2) is 9.78 Å². The van der Waals surface area contributed by atoms with Crippen molar-refractivity contribution >= 4 is 11.3 Å².